The monoisotopic (exact) mass is 591 g/mol. The van der Waals surface area contributed by atoms with Crippen LogP contribution >= 0.6 is 23.4 Å². The Kier molecular flexibility index (Phi) is 11.9. The van der Waals surface area contributed by atoms with Crippen molar-refractivity contribution in [3.63, 3.8) is 0 Å². The lowest BCUT2D eigenvalue weighted by atomic mass is 10.1. The average Bonchev–Trinajstić information content (AvgIpc) is 2.99. The first-order chi connectivity index (χ1) is 20.0. The summed E-state index contributed by atoms with van der Waals surface area (Å²) in [5, 5.41) is 0.629. The van der Waals surface area contributed by atoms with Gasteiger partial charge in [-0.2, -0.15) is 0 Å². The van der Waals surface area contributed by atoms with E-state index in [0.29, 0.717) is 10.6 Å². The summed E-state index contributed by atoms with van der Waals surface area (Å²) in [4.78, 5) is 23.3. The lowest BCUT2D eigenvalue weighted by molar-refractivity contribution is 0.0998. The largest absolute Gasteiger partial charge is 0.372 e. The molecule has 220 valence electrons. The number of fused-ring (bicyclic) bond motifs is 2. The summed E-state index contributed by atoms with van der Waals surface area (Å²) >= 11 is 7.96. The summed E-state index contributed by atoms with van der Waals surface area (Å²) in [5.41, 5.74) is 5.00. The van der Waals surface area contributed by atoms with Gasteiger partial charge in [-0.3, -0.25) is 9.69 Å². The zero-order chi connectivity index (χ0) is 29.2. The van der Waals surface area contributed by atoms with E-state index in [1.807, 2.05) is 17.0 Å². The molecule has 1 heterocycles. The van der Waals surface area contributed by atoms with Crippen molar-refractivity contribution in [3.05, 3.63) is 71.2 Å². The number of rotatable bonds is 15. The van der Waals surface area contributed by atoms with Gasteiger partial charge < -0.3 is 9.80 Å². The first kappa shape index (κ1) is 31.3. The van der Waals surface area contributed by atoms with Crippen LogP contribution in [0.1, 0.15) is 89.4 Å². The molecular formula is C35H46ClN3OS. The second-order valence-electron chi connectivity index (χ2n) is 10.9. The molecule has 0 saturated carbocycles. The van der Waals surface area contributed by atoms with Gasteiger partial charge in [-0.25, -0.2) is 0 Å². The fraction of sp³-hybridized carbons (Fsp3) is 0.457. The molecule has 6 heteroatoms. The first-order valence-corrected chi connectivity index (χ1v) is 16.8. The second kappa shape index (κ2) is 15.6. The molecule has 41 heavy (non-hydrogen) atoms. The van der Waals surface area contributed by atoms with Crippen LogP contribution in [0, 0.1) is 0 Å². The number of halogens is 1. The van der Waals surface area contributed by atoms with Crippen LogP contribution < -0.4 is 14.7 Å². The fourth-order valence-corrected chi connectivity index (χ4v) is 6.51. The van der Waals surface area contributed by atoms with Crippen molar-refractivity contribution in [2.24, 2.45) is 0 Å². The number of unbranched alkanes of at least 4 members (excludes halogenated alkanes) is 4. The number of hydrogen-bond donors (Lipinski definition) is 0. The Morgan fingerprint density at radius 1 is 0.659 bits per heavy atom. The molecule has 1 aliphatic rings. The summed E-state index contributed by atoms with van der Waals surface area (Å²) in [5.74, 6) is -0.0346. The van der Waals surface area contributed by atoms with Crippen molar-refractivity contribution in [3.8, 4) is 0 Å². The molecule has 0 N–H and O–H groups in total. The highest BCUT2D eigenvalue weighted by molar-refractivity contribution is 7.99. The van der Waals surface area contributed by atoms with Crippen LogP contribution in [0.25, 0.3) is 0 Å². The molecule has 4 rings (SSSR count). The van der Waals surface area contributed by atoms with Crippen LogP contribution in [0.15, 0.2) is 70.5 Å². The van der Waals surface area contributed by atoms with Crippen LogP contribution in [-0.4, -0.2) is 32.1 Å². The molecule has 1 aliphatic heterocycles. The van der Waals surface area contributed by atoms with E-state index in [0.717, 1.165) is 47.3 Å². The molecule has 3 aromatic rings. The Bertz CT molecular complexity index is 1190. The Morgan fingerprint density at radius 3 is 1.46 bits per heavy atom. The smallest absolute Gasteiger partial charge is 0.262 e. The van der Waals surface area contributed by atoms with E-state index in [1.165, 1.54) is 62.7 Å². The summed E-state index contributed by atoms with van der Waals surface area (Å²) in [7, 11) is 0. The van der Waals surface area contributed by atoms with Gasteiger partial charge in [-0.15, -0.1) is 0 Å². The van der Waals surface area contributed by atoms with E-state index in [1.54, 1.807) is 23.9 Å². The highest BCUT2D eigenvalue weighted by atomic mass is 35.5. The van der Waals surface area contributed by atoms with Crippen molar-refractivity contribution >= 4 is 52.0 Å². The van der Waals surface area contributed by atoms with Gasteiger partial charge in [-0.05, 0) is 86.3 Å². The van der Waals surface area contributed by atoms with Gasteiger partial charge >= 0.3 is 0 Å². The number of amides is 1. The quantitative estimate of drug-likeness (QED) is 0.176. The summed E-state index contributed by atoms with van der Waals surface area (Å²) in [6.45, 7) is 13.2. The zero-order valence-electron chi connectivity index (χ0n) is 25.3. The van der Waals surface area contributed by atoms with Crippen LogP contribution in [0.2, 0.25) is 5.02 Å². The second-order valence-corrected chi connectivity index (χ2v) is 12.5. The Balaban J connectivity index is 1.77. The van der Waals surface area contributed by atoms with Crippen molar-refractivity contribution in [1.82, 2.24) is 0 Å². The minimum Gasteiger partial charge on any atom is -0.372 e. The molecule has 0 aliphatic carbocycles. The van der Waals surface area contributed by atoms with E-state index < -0.39 is 0 Å². The van der Waals surface area contributed by atoms with Gasteiger partial charge in [0.25, 0.3) is 5.91 Å². The highest BCUT2D eigenvalue weighted by Crippen LogP contribution is 2.51. The third-order valence-electron chi connectivity index (χ3n) is 7.74. The van der Waals surface area contributed by atoms with Crippen LogP contribution in [0.5, 0.6) is 0 Å². The Morgan fingerprint density at radius 2 is 1.07 bits per heavy atom. The standard InChI is InChI=1S/C35H46ClN3OS/c1-5-9-21-37(22-10-6-2)29-17-19-31-33(25-29)41-34-26-30(38(23-11-7-3)24-12-8-4)18-20-32(34)39(31)35(40)27-13-15-28(36)16-14-27/h13-20,25-26H,5-12,21-24H2,1-4H3. The fourth-order valence-electron chi connectivity index (χ4n) is 5.26. The van der Waals surface area contributed by atoms with E-state index in [4.69, 9.17) is 11.6 Å². The third-order valence-corrected chi connectivity index (χ3v) is 9.09. The maximum atomic E-state index is 14.1. The molecule has 4 nitrogen and oxygen atoms in total. The average molecular weight is 592 g/mol. The van der Waals surface area contributed by atoms with Crippen LogP contribution in [0.3, 0.4) is 0 Å². The van der Waals surface area contributed by atoms with Crippen molar-refractivity contribution < 1.29 is 4.79 Å². The molecule has 0 saturated heterocycles. The molecule has 0 aromatic heterocycles. The topological polar surface area (TPSA) is 26.8 Å². The lowest BCUT2D eigenvalue weighted by Crippen LogP contribution is -2.30. The number of carbonyl (C=O) groups excluding carboxylic acids is 1. The van der Waals surface area contributed by atoms with E-state index in [2.05, 4.69) is 73.9 Å². The number of benzene rings is 3. The molecule has 0 unspecified atom stereocenters. The van der Waals surface area contributed by atoms with Gasteiger partial charge in [0.05, 0.1) is 11.4 Å². The molecule has 3 aromatic carbocycles. The van der Waals surface area contributed by atoms with E-state index >= 15 is 0 Å². The third kappa shape index (κ3) is 7.81. The van der Waals surface area contributed by atoms with Gasteiger partial charge in [0.15, 0.2) is 0 Å². The van der Waals surface area contributed by atoms with Crippen LogP contribution in [0.4, 0.5) is 22.7 Å². The van der Waals surface area contributed by atoms with E-state index in [9.17, 15) is 4.79 Å². The molecule has 0 bridgehead atoms. The number of carbonyl (C=O) groups is 1. The van der Waals surface area contributed by atoms with Gasteiger partial charge in [0, 0.05) is 57.9 Å². The number of hydrogen-bond acceptors (Lipinski definition) is 4. The van der Waals surface area contributed by atoms with Gasteiger partial charge in [0.1, 0.15) is 0 Å². The summed E-state index contributed by atoms with van der Waals surface area (Å²) in [6.07, 6.45) is 9.39. The number of anilines is 4. The van der Waals surface area contributed by atoms with Crippen molar-refractivity contribution in [2.45, 2.75) is 88.9 Å². The Hall–Kier alpha value is -2.63. The Labute approximate surface area is 257 Å². The van der Waals surface area contributed by atoms with Gasteiger partial charge in [-0.1, -0.05) is 76.7 Å². The molecule has 0 spiro atoms. The molecular weight excluding hydrogens is 546 g/mol. The lowest BCUT2D eigenvalue weighted by Gasteiger charge is -2.34. The SMILES string of the molecule is CCCCN(CCCC)c1ccc2c(c1)Sc1cc(N(CCCC)CCCC)ccc1N2C(=O)c1ccc(Cl)cc1. The zero-order valence-corrected chi connectivity index (χ0v) is 26.9. The highest BCUT2D eigenvalue weighted by Gasteiger charge is 2.30. The molecule has 0 fully saturated rings. The summed E-state index contributed by atoms with van der Waals surface area (Å²) < 4.78 is 0. The predicted molar refractivity (Wildman–Crippen MR) is 179 cm³/mol. The molecule has 0 atom stereocenters. The molecule has 0 radical (unpaired) electrons. The minimum atomic E-state index is -0.0346. The minimum absolute atomic E-state index is 0.0346. The van der Waals surface area contributed by atoms with Crippen LogP contribution in [-0.2, 0) is 0 Å². The summed E-state index contributed by atoms with van der Waals surface area (Å²) in [6, 6.07) is 20.5. The maximum Gasteiger partial charge on any atom is 0.262 e. The van der Waals surface area contributed by atoms with Crippen molar-refractivity contribution in [2.75, 3.05) is 40.9 Å². The number of nitrogens with zero attached hydrogens (tertiary/aromatic N) is 3. The van der Waals surface area contributed by atoms with Gasteiger partial charge in [0.2, 0.25) is 0 Å². The van der Waals surface area contributed by atoms with Crippen molar-refractivity contribution in [1.29, 1.82) is 0 Å². The predicted octanol–water partition coefficient (Wildman–Crippen LogP) is 10.6. The normalized spacial score (nSPS) is 12.2. The first-order valence-electron chi connectivity index (χ1n) is 15.6. The van der Waals surface area contributed by atoms with E-state index in [-0.39, 0.29) is 5.91 Å². The maximum absolute atomic E-state index is 14.1. The molecule has 1 amide bonds.